The highest BCUT2D eigenvalue weighted by atomic mass is 35.5. The molecule has 0 radical (unpaired) electrons. The maximum Gasteiger partial charge on any atom is 0.169 e. The number of amidine groups is 2. The van der Waals surface area contributed by atoms with Gasteiger partial charge in [-0.15, -0.1) is 0 Å². The van der Waals surface area contributed by atoms with Gasteiger partial charge in [0.15, 0.2) is 6.17 Å². The molecule has 0 fully saturated rings. The van der Waals surface area contributed by atoms with Crippen LogP contribution in [-0.2, 0) is 0 Å². The summed E-state index contributed by atoms with van der Waals surface area (Å²) in [6, 6.07) is 28.9. The third kappa shape index (κ3) is 4.30. The molecule has 0 saturated carbocycles. The van der Waals surface area contributed by atoms with Gasteiger partial charge in [0, 0.05) is 11.1 Å². The number of rotatable bonds is 4. The Morgan fingerprint density at radius 1 is 0.645 bits per heavy atom. The SMILES string of the molecule is ClC1C=C(C2N=C(c3ccccc3)NC(c3ccc(-c4ccccc4)cc3)=N2)C=CN1. The molecule has 31 heavy (non-hydrogen) atoms. The number of nitrogens with zero attached hydrogens (tertiary/aromatic N) is 2. The van der Waals surface area contributed by atoms with Crippen LogP contribution in [0, 0.1) is 0 Å². The van der Waals surface area contributed by atoms with Crippen LogP contribution < -0.4 is 10.6 Å². The highest BCUT2D eigenvalue weighted by Gasteiger charge is 2.22. The molecule has 3 aromatic rings. The van der Waals surface area contributed by atoms with E-state index in [1.165, 1.54) is 11.1 Å². The van der Waals surface area contributed by atoms with E-state index in [-0.39, 0.29) is 11.7 Å². The van der Waals surface area contributed by atoms with Gasteiger partial charge in [0.05, 0.1) is 0 Å². The van der Waals surface area contributed by atoms with Crippen molar-refractivity contribution in [2.45, 2.75) is 11.7 Å². The molecule has 2 unspecified atom stereocenters. The summed E-state index contributed by atoms with van der Waals surface area (Å²) in [5, 5.41) is 6.48. The number of dihydropyridines is 1. The summed E-state index contributed by atoms with van der Waals surface area (Å²) in [6.07, 6.45) is 5.40. The monoisotopic (exact) mass is 424 g/mol. The van der Waals surface area contributed by atoms with Crippen LogP contribution in [-0.4, -0.2) is 23.3 Å². The number of hydrogen-bond donors (Lipinski definition) is 2. The molecule has 5 heteroatoms. The third-order valence-electron chi connectivity index (χ3n) is 5.22. The molecule has 2 atom stereocenters. The van der Waals surface area contributed by atoms with Gasteiger partial charge in [-0.3, -0.25) is 0 Å². The van der Waals surface area contributed by atoms with Crippen LogP contribution >= 0.6 is 11.6 Å². The highest BCUT2D eigenvalue weighted by Crippen LogP contribution is 2.23. The van der Waals surface area contributed by atoms with Crippen LogP contribution in [0.1, 0.15) is 11.1 Å². The standard InChI is InChI=1S/C26H21ClN4/c27-23-17-22(15-16-28-23)26-30-24(20-9-5-2-6-10-20)29-25(31-26)21-13-11-19(12-14-21)18-7-3-1-4-8-18/h1-17,23,26,28H,(H,29,30,31). The van der Waals surface area contributed by atoms with E-state index in [9.17, 15) is 0 Å². The lowest BCUT2D eigenvalue weighted by Crippen LogP contribution is -2.38. The van der Waals surface area contributed by atoms with E-state index in [4.69, 9.17) is 21.6 Å². The van der Waals surface area contributed by atoms with Crippen LogP contribution in [0.25, 0.3) is 11.1 Å². The van der Waals surface area contributed by atoms with Crippen molar-refractivity contribution in [3.63, 3.8) is 0 Å². The van der Waals surface area contributed by atoms with Crippen LogP contribution in [0.4, 0.5) is 0 Å². The largest absolute Gasteiger partial charge is 0.372 e. The first kappa shape index (κ1) is 19.3. The minimum Gasteiger partial charge on any atom is -0.372 e. The van der Waals surface area contributed by atoms with Gasteiger partial charge in [-0.25, -0.2) is 9.98 Å². The first-order valence-electron chi connectivity index (χ1n) is 10.2. The van der Waals surface area contributed by atoms with E-state index in [2.05, 4.69) is 47.0 Å². The van der Waals surface area contributed by atoms with Gasteiger partial charge in [-0.05, 0) is 35.1 Å². The van der Waals surface area contributed by atoms with Gasteiger partial charge < -0.3 is 10.6 Å². The predicted octanol–water partition coefficient (Wildman–Crippen LogP) is 5.08. The molecule has 0 saturated heterocycles. The Morgan fingerprint density at radius 2 is 1.16 bits per heavy atom. The molecular weight excluding hydrogens is 404 g/mol. The molecule has 2 heterocycles. The van der Waals surface area contributed by atoms with E-state index in [0.29, 0.717) is 0 Å². The fourth-order valence-electron chi connectivity index (χ4n) is 3.62. The zero-order valence-electron chi connectivity index (χ0n) is 16.7. The van der Waals surface area contributed by atoms with E-state index < -0.39 is 0 Å². The highest BCUT2D eigenvalue weighted by molar-refractivity contribution is 6.21. The second-order valence-corrected chi connectivity index (χ2v) is 7.80. The predicted molar refractivity (Wildman–Crippen MR) is 128 cm³/mol. The second-order valence-electron chi connectivity index (χ2n) is 7.33. The van der Waals surface area contributed by atoms with Crippen molar-refractivity contribution in [3.8, 4) is 11.1 Å². The van der Waals surface area contributed by atoms with Crippen molar-refractivity contribution in [1.82, 2.24) is 10.6 Å². The first-order chi connectivity index (χ1) is 15.3. The minimum absolute atomic E-state index is 0.269. The number of aliphatic imine (C=N–C) groups is 2. The normalized spacial score (nSPS) is 20.1. The van der Waals surface area contributed by atoms with Crippen LogP contribution in [0.15, 0.2) is 119 Å². The summed E-state index contributed by atoms with van der Waals surface area (Å²) in [4.78, 5) is 9.76. The molecule has 0 amide bonds. The summed E-state index contributed by atoms with van der Waals surface area (Å²) in [6.45, 7) is 0. The number of halogens is 1. The molecule has 2 N–H and O–H groups in total. The lowest BCUT2D eigenvalue weighted by Gasteiger charge is -2.24. The Balaban J connectivity index is 1.50. The van der Waals surface area contributed by atoms with Crippen molar-refractivity contribution in [2.75, 3.05) is 0 Å². The zero-order chi connectivity index (χ0) is 21.0. The number of nitrogens with one attached hydrogen (secondary N) is 2. The summed E-state index contributed by atoms with van der Waals surface area (Å²) in [5.74, 6) is 1.58. The fourth-order valence-corrected chi connectivity index (χ4v) is 3.84. The van der Waals surface area contributed by atoms with Crippen molar-refractivity contribution in [2.24, 2.45) is 9.98 Å². The van der Waals surface area contributed by atoms with E-state index >= 15 is 0 Å². The smallest absolute Gasteiger partial charge is 0.169 e. The average Bonchev–Trinajstić information content (AvgIpc) is 2.85. The van der Waals surface area contributed by atoms with Crippen molar-refractivity contribution in [3.05, 3.63) is 120 Å². The van der Waals surface area contributed by atoms with E-state index in [1.54, 1.807) is 0 Å². The second kappa shape index (κ2) is 8.62. The van der Waals surface area contributed by atoms with Gasteiger partial charge in [-0.2, -0.15) is 0 Å². The van der Waals surface area contributed by atoms with E-state index in [1.807, 2.05) is 66.9 Å². The van der Waals surface area contributed by atoms with Crippen molar-refractivity contribution >= 4 is 23.3 Å². The van der Waals surface area contributed by atoms with Gasteiger partial charge in [-0.1, -0.05) is 96.5 Å². The Hall–Kier alpha value is -3.63. The summed E-state index contributed by atoms with van der Waals surface area (Å²) < 4.78 is 0. The third-order valence-corrected chi connectivity index (χ3v) is 5.47. The molecule has 0 aromatic heterocycles. The number of alkyl halides is 1. The van der Waals surface area contributed by atoms with Crippen LogP contribution in [0.3, 0.4) is 0 Å². The Labute approximate surface area is 186 Å². The van der Waals surface area contributed by atoms with Gasteiger partial charge in [0.1, 0.15) is 17.2 Å². The lowest BCUT2D eigenvalue weighted by molar-refractivity contribution is 0.782. The Morgan fingerprint density at radius 3 is 1.77 bits per heavy atom. The maximum atomic E-state index is 6.26. The topological polar surface area (TPSA) is 48.8 Å². The van der Waals surface area contributed by atoms with Crippen LogP contribution in [0.2, 0.25) is 0 Å². The molecule has 0 aliphatic carbocycles. The van der Waals surface area contributed by atoms with Crippen molar-refractivity contribution < 1.29 is 0 Å². The van der Waals surface area contributed by atoms with Crippen LogP contribution in [0.5, 0.6) is 0 Å². The summed E-state index contributed by atoms with van der Waals surface area (Å²) >= 11 is 6.26. The molecular formula is C26H21ClN4. The molecule has 0 bridgehead atoms. The summed E-state index contributed by atoms with van der Waals surface area (Å²) in [5.41, 5.74) is 5.08. The Kier molecular flexibility index (Phi) is 5.38. The van der Waals surface area contributed by atoms with Crippen molar-refractivity contribution in [1.29, 1.82) is 0 Å². The molecule has 3 aromatic carbocycles. The quantitative estimate of drug-likeness (QED) is 0.453. The fraction of sp³-hybridized carbons (Fsp3) is 0.0769. The number of hydrogen-bond acceptors (Lipinski definition) is 4. The zero-order valence-corrected chi connectivity index (χ0v) is 17.5. The van der Waals surface area contributed by atoms with Gasteiger partial charge >= 0.3 is 0 Å². The molecule has 0 spiro atoms. The Bertz CT molecular complexity index is 1180. The number of benzene rings is 3. The molecule has 2 aliphatic heterocycles. The maximum absolute atomic E-state index is 6.26. The molecule has 5 rings (SSSR count). The molecule has 152 valence electrons. The van der Waals surface area contributed by atoms with E-state index in [0.717, 1.165) is 28.4 Å². The summed E-state index contributed by atoms with van der Waals surface area (Å²) in [7, 11) is 0. The lowest BCUT2D eigenvalue weighted by atomic mass is 10.0. The van der Waals surface area contributed by atoms with Gasteiger partial charge in [0.25, 0.3) is 0 Å². The minimum atomic E-state index is -0.361. The molecule has 4 nitrogen and oxygen atoms in total. The first-order valence-corrected chi connectivity index (χ1v) is 10.6. The molecule has 2 aliphatic rings. The van der Waals surface area contributed by atoms with Gasteiger partial charge in [0.2, 0.25) is 0 Å². The average molecular weight is 425 g/mol.